The molecule has 18 heavy (non-hydrogen) atoms. The van der Waals surface area contributed by atoms with Crippen LogP contribution in [0.3, 0.4) is 0 Å². The van der Waals surface area contributed by atoms with Crippen LogP contribution in [0.4, 0.5) is 5.82 Å². The Morgan fingerprint density at radius 1 is 1.39 bits per heavy atom. The molecule has 0 spiro atoms. The third kappa shape index (κ3) is 2.36. The van der Waals surface area contributed by atoms with Gasteiger partial charge in [-0.3, -0.25) is 4.68 Å². The highest BCUT2D eigenvalue weighted by atomic mass is 32.1. The Hall–Kier alpha value is -1.10. The lowest BCUT2D eigenvalue weighted by Crippen LogP contribution is -2.36. The molecular weight excluding hydrogens is 244 g/mol. The van der Waals surface area contributed by atoms with E-state index in [2.05, 4.69) is 17.0 Å². The number of hydrogen-bond donors (Lipinski definition) is 1. The molecule has 1 aliphatic carbocycles. The Kier molecular flexibility index (Phi) is 3.90. The van der Waals surface area contributed by atoms with Crippen LogP contribution in [0.15, 0.2) is 0 Å². The summed E-state index contributed by atoms with van der Waals surface area (Å²) >= 11 is 5.17. The quantitative estimate of drug-likeness (QED) is 0.851. The number of aryl methyl sites for hydroxylation is 2. The summed E-state index contributed by atoms with van der Waals surface area (Å²) in [5.74, 6) is 1.06. The number of hydrogen-bond acceptors (Lipinski definition) is 3. The number of nitrogens with zero attached hydrogens (tertiary/aromatic N) is 3. The third-order valence-electron chi connectivity index (χ3n) is 3.89. The number of anilines is 1. The Morgan fingerprint density at radius 3 is 2.56 bits per heavy atom. The van der Waals surface area contributed by atoms with Crippen LogP contribution in [0.2, 0.25) is 0 Å². The molecule has 1 heterocycles. The summed E-state index contributed by atoms with van der Waals surface area (Å²) in [7, 11) is 4.09. The highest BCUT2D eigenvalue weighted by Crippen LogP contribution is 2.29. The maximum atomic E-state index is 5.85. The molecule has 0 aromatic carbocycles. The van der Waals surface area contributed by atoms with Gasteiger partial charge in [-0.15, -0.1) is 0 Å². The third-order valence-corrected chi connectivity index (χ3v) is 4.10. The van der Waals surface area contributed by atoms with E-state index < -0.39 is 0 Å². The maximum Gasteiger partial charge on any atom is 0.137 e. The lowest BCUT2D eigenvalue weighted by molar-refractivity contribution is 0.423. The molecule has 0 aliphatic heterocycles. The van der Waals surface area contributed by atoms with Gasteiger partial charge in [0.2, 0.25) is 0 Å². The largest absolute Gasteiger partial charge is 0.389 e. The van der Waals surface area contributed by atoms with Gasteiger partial charge < -0.3 is 10.6 Å². The van der Waals surface area contributed by atoms with E-state index in [0.29, 0.717) is 11.0 Å². The van der Waals surface area contributed by atoms with Crippen LogP contribution < -0.4 is 10.6 Å². The van der Waals surface area contributed by atoms with Crippen molar-refractivity contribution in [1.29, 1.82) is 0 Å². The molecule has 2 rings (SSSR count). The standard InChI is InChI=1S/C13H22N4S/c1-9-11(12(14)18)13(17(3)15-9)16(2)10-7-5-4-6-8-10/h10H,4-8H2,1-3H3,(H2,14,18). The van der Waals surface area contributed by atoms with Crippen molar-refractivity contribution < 1.29 is 0 Å². The minimum Gasteiger partial charge on any atom is -0.389 e. The molecule has 0 radical (unpaired) electrons. The average Bonchev–Trinajstić information content (AvgIpc) is 2.64. The summed E-state index contributed by atoms with van der Waals surface area (Å²) in [6.07, 6.45) is 6.48. The van der Waals surface area contributed by atoms with Gasteiger partial charge in [-0.25, -0.2) is 0 Å². The van der Waals surface area contributed by atoms with Crippen molar-refractivity contribution in [1.82, 2.24) is 9.78 Å². The SMILES string of the molecule is Cc1nn(C)c(N(C)C2CCCCC2)c1C(N)=S. The normalized spacial score (nSPS) is 16.8. The van der Waals surface area contributed by atoms with Crippen molar-refractivity contribution in [3.05, 3.63) is 11.3 Å². The molecule has 1 aromatic heterocycles. The number of nitrogens with two attached hydrogens (primary N) is 1. The number of thiocarbonyl (C=S) groups is 1. The summed E-state index contributed by atoms with van der Waals surface area (Å²) in [5, 5.41) is 4.46. The van der Waals surface area contributed by atoms with Crippen molar-refractivity contribution in [2.24, 2.45) is 12.8 Å². The topological polar surface area (TPSA) is 47.1 Å². The van der Waals surface area contributed by atoms with Crippen LogP contribution in [0.5, 0.6) is 0 Å². The zero-order valence-electron chi connectivity index (χ0n) is 11.4. The van der Waals surface area contributed by atoms with Gasteiger partial charge >= 0.3 is 0 Å². The molecule has 100 valence electrons. The molecule has 0 amide bonds. The highest BCUT2D eigenvalue weighted by molar-refractivity contribution is 7.80. The smallest absolute Gasteiger partial charge is 0.137 e. The molecule has 0 atom stereocenters. The molecule has 0 saturated heterocycles. The van der Waals surface area contributed by atoms with Crippen LogP contribution in [0.1, 0.15) is 43.4 Å². The minimum absolute atomic E-state index is 0.443. The predicted molar refractivity (Wildman–Crippen MR) is 79.1 cm³/mol. The minimum atomic E-state index is 0.443. The average molecular weight is 266 g/mol. The van der Waals surface area contributed by atoms with Crippen LogP contribution in [-0.4, -0.2) is 27.9 Å². The molecule has 0 unspecified atom stereocenters. The molecule has 0 bridgehead atoms. The summed E-state index contributed by atoms with van der Waals surface area (Å²) in [6, 6.07) is 0.585. The van der Waals surface area contributed by atoms with Gasteiger partial charge in [-0.05, 0) is 19.8 Å². The lowest BCUT2D eigenvalue weighted by Gasteiger charge is -2.33. The molecule has 2 N–H and O–H groups in total. The van der Waals surface area contributed by atoms with E-state index in [1.165, 1.54) is 32.1 Å². The van der Waals surface area contributed by atoms with Gasteiger partial charge in [0.15, 0.2) is 0 Å². The van der Waals surface area contributed by atoms with Crippen molar-refractivity contribution in [2.45, 2.75) is 45.1 Å². The van der Waals surface area contributed by atoms with Crippen LogP contribution in [0.25, 0.3) is 0 Å². The second-order valence-corrected chi connectivity index (χ2v) is 5.61. The fraction of sp³-hybridized carbons (Fsp3) is 0.692. The highest BCUT2D eigenvalue weighted by Gasteiger charge is 2.25. The monoisotopic (exact) mass is 266 g/mol. The van der Waals surface area contributed by atoms with E-state index >= 15 is 0 Å². The molecule has 1 aliphatic rings. The zero-order valence-corrected chi connectivity index (χ0v) is 12.3. The molecule has 1 saturated carbocycles. The van der Waals surface area contributed by atoms with Gasteiger partial charge in [-0.2, -0.15) is 5.10 Å². The fourth-order valence-corrected chi connectivity index (χ4v) is 3.22. The molecule has 5 heteroatoms. The number of aromatic nitrogens is 2. The van der Waals surface area contributed by atoms with Gasteiger partial charge in [0.25, 0.3) is 0 Å². The Labute approximate surface area is 114 Å². The summed E-state index contributed by atoms with van der Waals surface area (Å²) in [5.41, 5.74) is 7.70. The van der Waals surface area contributed by atoms with E-state index in [4.69, 9.17) is 18.0 Å². The first-order valence-corrected chi connectivity index (χ1v) is 6.99. The van der Waals surface area contributed by atoms with Gasteiger partial charge in [0, 0.05) is 20.1 Å². The van der Waals surface area contributed by atoms with Crippen LogP contribution in [-0.2, 0) is 7.05 Å². The van der Waals surface area contributed by atoms with Gasteiger partial charge in [0.1, 0.15) is 10.8 Å². The van der Waals surface area contributed by atoms with E-state index in [1.54, 1.807) is 0 Å². The van der Waals surface area contributed by atoms with E-state index in [0.717, 1.165) is 17.1 Å². The summed E-state index contributed by atoms with van der Waals surface area (Å²) in [4.78, 5) is 2.76. The fourth-order valence-electron chi connectivity index (χ4n) is 2.98. The second kappa shape index (κ2) is 5.26. The summed E-state index contributed by atoms with van der Waals surface area (Å²) in [6.45, 7) is 1.96. The molecule has 1 aromatic rings. The van der Waals surface area contributed by atoms with Gasteiger partial charge in [0.05, 0.1) is 11.3 Å². The second-order valence-electron chi connectivity index (χ2n) is 5.17. The first-order valence-electron chi connectivity index (χ1n) is 6.58. The van der Waals surface area contributed by atoms with Crippen molar-refractivity contribution >= 4 is 23.0 Å². The number of rotatable bonds is 3. The maximum absolute atomic E-state index is 5.85. The first kappa shape index (κ1) is 13.3. The lowest BCUT2D eigenvalue weighted by atomic mass is 9.94. The Bertz CT molecular complexity index is 446. The van der Waals surface area contributed by atoms with Crippen LogP contribution >= 0.6 is 12.2 Å². The van der Waals surface area contributed by atoms with Crippen molar-refractivity contribution in [2.75, 3.05) is 11.9 Å². The Balaban J connectivity index is 2.34. The zero-order chi connectivity index (χ0) is 13.3. The van der Waals surface area contributed by atoms with E-state index in [-0.39, 0.29) is 0 Å². The van der Waals surface area contributed by atoms with Crippen molar-refractivity contribution in [3.8, 4) is 0 Å². The van der Waals surface area contributed by atoms with Crippen LogP contribution in [0, 0.1) is 6.92 Å². The predicted octanol–water partition coefficient (Wildman–Crippen LogP) is 2.13. The summed E-state index contributed by atoms with van der Waals surface area (Å²) < 4.78 is 1.90. The van der Waals surface area contributed by atoms with Crippen molar-refractivity contribution in [3.63, 3.8) is 0 Å². The van der Waals surface area contributed by atoms with E-state index in [9.17, 15) is 0 Å². The van der Waals surface area contributed by atoms with Gasteiger partial charge in [-0.1, -0.05) is 31.5 Å². The molecular formula is C13H22N4S. The Morgan fingerprint density at radius 2 is 2.00 bits per heavy atom. The first-order chi connectivity index (χ1) is 8.52. The molecule has 4 nitrogen and oxygen atoms in total. The molecule has 1 fully saturated rings. The van der Waals surface area contributed by atoms with E-state index in [1.807, 2.05) is 18.7 Å².